The van der Waals surface area contributed by atoms with E-state index in [-0.39, 0.29) is 18.7 Å². The molecule has 2 radical (unpaired) electrons. The summed E-state index contributed by atoms with van der Waals surface area (Å²) in [5.41, 5.74) is 6.60. The number of aliphatic imine (C=N–C) groups is 1. The number of likely N-dealkylation sites (N-methyl/N-ethyl adjacent to an activating group) is 1. The first-order valence-electron chi connectivity index (χ1n) is 7.77. The van der Waals surface area contributed by atoms with Gasteiger partial charge in [0.15, 0.2) is 17.5 Å². The molecule has 1 aromatic carbocycles. The molecule has 1 amide bonds. The quantitative estimate of drug-likeness (QED) is 0.819. The van der Waals surface area contributed by atoms with Crippen LogP contribution in [0.1, 0.15) is 23.3 Å². The number of hydrogen-bond donors (Lipinski definition) is 1. The lowest BCUT2D eigenvalue weighted by Gasteiger charge is -2.40. The summed E-state index contributed by atoms with van der Waals surface area (Å²) in [6.45, 7) is 2.09. The van der Waals surface area contributed by atoms with Crippen LogP contribution in [0.2, 0.25) is 0 Å². The Hall–Kier alpha value is -2.48. The second kappa shape index (κ2) is 5.52. The van der Waals surface area contributed by atoms with Crippen molar-refractivity contribution in [3.8, 4) is 11.5 Å². The van der Waals surface area contributed by atoms with Crippen molar-refractivity contribution in [3.63, 3.8) is 0 Å². The van der Waals surface area contributed by atoms with Gasteiger partial charge in [0.1, 0.15) is 13.4 Å². The first-order chi connectivity index (χ1) is 11.9. The number of ether oxygens (including phenoxy) is 2. The Morgan fingerprint density at radius 2 is 2.12 bits per heavy atom. The fraction of sp³-hybridized carbons (Fsp3) is 0.294. The molecule has 4 rings (SSSR count). The Morgan fingerprint density at radius 3 is 2.84 bits per heavy atom. The van der Waals surface area contributed by atoms with E-state index in [1.807, 2.05) is 36.6 Å². The number of thiophene rings is 1. The summed E-state index contributed by atoms with van der Waals surface area (Å²) in [5, 5.41) is 1.84. The van der Waals surface area contributed by atoms with Crippen molar-refractivity contribution < 1.29 is 14.3 Å². The molecule has 126 valence electrons. The van der Waals surface area contributed by atoms with Crippen LogP contribution >= 0.6 is 11.3 Å². The minimum absolute atomic E-state index is 0.124. The Balaban J connectivity index is 1.89. The van der Waals surface area contributed by atoms with Crippen LogP contribution in [0.3, 0.4) is 0 Å². The number of nitrogens with zero attached hydrogens (tertiary/aromatic N) is 2. The van der Waals surface area contributed by atoms with Gasteiger partial charge in [-0.15, -0.1) is 11.3 Å². The predicted octanol–water partition coefficient (Wildman–Crippen LogP) is 1.06. The van der Waals surface area contributed by atoms with Gasteiger partial charge in [0.25, 0.3) is 0 Å². The largest absolute Gasteiger partial charge is 0.454 e. The molecule has 8 heteroatoms. The summed E-state index contributed by atoms with van der Waals surface area (Å²) in [5.74, 6) is 0.823. The SMILES string of the molecule is [B]c1csc([C@@]2(C)N=C(N)N(C)C(=O)[C@@H]2c2ccc3c(c2)OCO3)c1. The maximum Gasteiger partial charge on any atom is 0.239 e. The Bertz CT molecular complexity index is 897. The molecule has 25 heavy (non-hydrogen) atoms. The maximum atomic E-state index is 13.1. The minimum atomic E-state index is -0.844. The zero-order valence-electron chi connectivity index (χ0n) is 13.9. The molecule has 2 aliphatic rings. The van der Waals surface area contributed by atoms with E-state index >= 15 is 0 Å². The molecule has 0 saturated heterocycles. The van der Waals surface area contributed by atoms with Gasteiger partial charge < -0.3 is 15.2 Å². The molecular formula is C17H16BN3O3S. The average Bonchev–Trinajstić information content (AvgIpc) is 3.21. The van der Waals surface area contributed by atoms with Gasteiger partial charge in [-0.05, 0) is 30.0 Å². The topological polar surface area (TPSA) is 77.2 Å². The van der Waals surface area contributed by atoms with Gasteiger partial charge in [-0.3, -0.25) is 9.69 Å². The van der Waals surface area contributed by atoms with Crippen molar-refractivity contribution in [1.82, 2.24) is 4.90 Å². The summed E-state index contributed by atoms with van der Waals surface area (Å²) in [4.78, 5) is 20.0. The molecule has 2 aromatic rings. The van der Waals surface area contributed by atoms with E-state index in [1.54, 1.807) is 7.05 Å². The summed E-state index contributed by atoms with van der Waals surface area (Å²) in [7, 11) is 7.53. The number of guanidine groups is 1. The zero-order valence-corrected chi connectivity index (χ0v) is 14.7. The molecule has 2 aliphatic heterocycles. The van der Waals surface area contributed by atoms with E-state index in [0.29, 0.717) is 17.0 Å². The molecule has 0 bridgehead atoms. The van der Waals surface area contributed by atoms with Crippen LogP contribution in [0.15, 0.2) is 34.6 Å². The second-order valence-electron chi connectivity index (χ2n) is 6.30. The van der Waals surface area contributed by atoms with Crippen molar-refractivity contribution in [2.24, 2.45) is 10.7 Å². The number of carbonyl (C=O) groups excluding carboxylic acids is 1. The molecule has 0 unspecified atom stereocenters. The van der Waals surface area contributed by atoms with E-state index in [0.717, 1.165) is 10.4 Å². The van der Waals surface area contributed by atoms with Crippen LogP contribution in [0.25, 0.3) is 0 Å². The fourth-order valence-corrected chi connectivity index (χ4v) is 4.24. The number of fused-ring (bicyclic) bond motifs is 1. The average molecular weight is 353 g/mol. The lowest BCUT2D eigenvalue weighted by Crippen LogP contribution is -2.52. The van der Waals surface area contributed by atoms with E-state index < -0.39 is 11.5 Å². The Morgan fingerprint density at radius 1 is 1.36 bits per heavy atom. The molecule has 3 heterocycles. The van der Waals surface area contributed by atoms with Crippen molar-refractivity contribution in [2.45, 2.75) is 18.4 Å². The highest BCUT2D eigenvalue weighted by atomic mass is 32.1. The number of rotatable bonds is 2. The Kier molecular flexibility index (Phi) is 3.54. The molecule has 2 N–H and O–H groups in total. The molecular weight excluding hydrogens is 337 g/mol. The standard InChI is InChI=1S/C17H16BN3O3S/c1-17(13-6-10(18)7-25-13)14(15(22)21(2)16(19)20-17)9-3-4-11-12(5-9)24-8-23-11/h3-7,14H,8H2,1-2H3,(H2,19,20)/t14-,17+/m0/s1. The second-order valence-corrected chi connectivity index (χ2v) is 7.22. The van der Waals surface area contributed by atoms with Gasteiger partial charge in [-0.2, -0.15) is 0 Å². The molecule has 2 atom stereocenters. The first kappa shape index (κ1) is 16.0. The molecule has 0 spiro atoms. The summed E-state index contributed by atoms with van der Waals surface area (Å²) in [6, 6.07) is 7.37. The van der Waals surface area contributed by atoms with Gasteiger partial charge in [0.2, 0.25) is 12.7 Å². The molecule has 6 nitrogen and oxygen atoms in total. The molecule has 0 aliphatic carbocycles. The van der Waals surface area contributed by atoms with E-state index in [1.165, 1.54) is 16.2 Å². The van der Waals surface area contributed by atoms with Gasteiger partial charge in [-0.1, -0.05) is 17.6 Å². The van der Waals surface area contributed by atoms with Crippen LogP contribution < -0.4 is 20.7 Å². The molecule has 0 saturated carbocycles. The highest BCUT2D eigenvalue weighted by Crippen LogP contribution is 2.47. The van der Waals surface area contributed by atoms with E-state index in [4.69, 9.17) is 23.1 Å². The number of carbonyl (C=O) groups is 1. The van der Waals surface area contributed by atoms with Crippen molar-refractivity contribution >= 4 is 36.5 Å². The lowest BCUT2D eigenvalue weighted by atomic mass is 9.77. The number of hydrogen-bond acceptors (Lipinski definition) is 6. The molecule has 0 fully saturated rings. The fourth-order valence-electron chi connectivity index (χ4n) is 3.30. The lowest BCUT2D eigenvalue weighted by molar-refractivity contribution is -0.130. The van der Waals surface area contributed by atoms with Crippen molar-refractivity contribution in [1.29, 1.82) is 0 Å². The van der Waals surface area contributed by atoms with Crippen LogP contribution in [-0.4, -0.2) is 38.5 Å². The summed E-state index contributed by atoms with van der Waals surface area (Å²) in [6.07, 6.45) is 0. The van der Waals surface area contributed by atoms with E-state index in [2.05, 4.69) is 4.99 Å². The predicted molar refractivity (Wildman–Crippen MR) is 96.8 cm³/mol. The molecule has 1 aromatic heterocycles. The van der Waals surface area contributed by atoms with Crippen LogP contribution in [0, 0.1) is 0 Å². The Labute approximate surface area is 150 Å². The number of amides is 1. The normalized spacial score (nSPS) is 25.2. The summed E-state index contributed by atoms with van der Waals surface area (Å²) >= 11 is 1.47. The highest BCUT2D eigenvalue weighted by Gasteiger charge is 2.48. The number of benzene rings is 1. The van der Waals surface area contributed by atoms with Crippen molar-refractivity contribution in [2.75, 3.05) is 13.8 Å². The van der Waals surface area contributed by atoms with Crippen LogP contribution in [0.4, 0.5) is 0 Å². The minimum Gasteiger partial charge on any atom is -0.454 e. The third-order valence-corrected chi connectivity index (χ3v) is 5.85. The maximum absolute atomic E-state index is 13.1. The van der Waals surface area contributed by atoms with Crippen molar-refractivity contribution in [3.05, 3.63) is 40.1 Å². The van der Waals surface area contributed by atoms with Gasteiger partial charge in [0, 0.05) is 11.9 Å². The first-order valence-corrected chi connectivity index (χ1v) is 8.65. The zero-order chi connectivity index (χ0) is 17.8. The smallest absolute Gasteiger partial charge is 0.239 e. The van der Waals surface area contributed by atoms with Crippen LogP contribution in [0.5, 0.6) is 11.5 Å². The third kappa shape index (κ3) is 2.40. The van der Waals surface area contributed by atoms with Gasteiger partial charge in [-0.25, -0.2) is 4.99 Å². The monoisotopic (exact) mass is 353 g/mol. The van der Waals surface area contributed by atoms with E-state index in [9.17, 15) is 4.79 Å². The van der Waals surface area contributed by atoms with Gasteiger partial charge in [0.05, 0.1) is 5.92 Å². The van der Waals surface area contributed by atoms with Gasteiger partial charge >= 0.3 is 0 Å². The number of nitrogens with two attached hydrogens (primary N) is 1. The summed E-state index contributed by atoms with van der Waals surface area (Å²) < 4.78 is 10.8. The van der Waals surface area contributed by atoms with Crippen LogP contribution in [-0.2, 0) is 10.3 Å². The third-order valence-electron chi connectivity index (χ3n) is 4.68. The highest BCUT2D eigenvalue weighted by molar-refractivity contribution is 7.11.